The van der Waals surface area contributed by atoms with E-state index in [0.717, 1.165) is 39.3 Å². The van der Waals surface area contributed by atoms with Gasteiger partial charge in [-0.25, -0.2) is 9.37 Å². The Kier molecular flexibility index (Phi) is 8.96. The first-order valence-corrected chi connectivity index (χ1v) is 11.7. The zero-order valence-corrected chi connectivity index (χ0v) is 20.0. The molecule has 0 spiro atoms. The molecule has 178 valence electrons. The summed E-state index contributed by atoms with van der Waals surface area (Å²) in [4.78, 5) is 35.0. The molecule has 0 aliphatic carbocycles. The number of ether oxygens (including phenoxy) is 2. The lowest BCUT2D eigenvalue weighted by molar-refractivity contribution is -0.150. The Hall–Kier alpha value is -2.33. The minimum absolute atomic E-state index is 0. The molecule has 0 saturated carbocycles. The first-order valence-electron chi connectivity index (χ1n) is 10.8. The average Bonchev–Trinajstić information content (AvgIpc) is 3.45. The number of H-pyrrole nitrogens is 1. The van der Waals surface area contributed by atoms with Gasteiger partial charge in [0.2, 0.25) is 5.78 Å². The number of rotatable bonds is 9. The van der Waals surface area contributed by atoms with Gasteiger partial charge in [0.1, 0.15) is 11.9 Å². The molecule has 3 heterocycles. The van der Waals surface area contributed by atoms with Crippen LogP contribution in [0.3, 0.4) is 0 Å². The van der Waals surface area contributed by atoms with Crippen molar-refractivity contribution in [3.63, 3.8) is 0 Å². The lowest BCUT2D eigenvalue weighted by Crippen LogP contribution is -2.37. The molecule has 1 aliphatic rings. The van der Waals surface area contributed by atoms with Crippen molar-refractivity contribution in [1.82, 2.24) is 14.9 Å². The molecule has 3 aromatic rings. The minimum Gasteiger partial charge on any atom is -0.456 e. The van der Waals surface area contributed by atoms with Crippen LogP contribution in [0.5, 0.6) is 0 Å². The number of thiazole rings is 1. The number of esters is 1. The van der Waals surface area contributed by atoms with Crippen LogP contribution in [0, 0.1) is 5.82 Å². The maximum absolute atomic E-state index is 13.4. The molecule has 7 nitrogen and oxygen atoms in total. The molecule has 1 fully saturated rings. The second kappa shape index (κ2) is 11.7. The molecule has 1 atom stereocenters. The number of carbonyl (C=O) groups excluding carboxylic acids is 2. The molecule has 33 heavy (non-hydrogen) atoms. The van der Waals surface area contributed by atoms with E-state index in [2.05, 4.69) is 14.9 Å². The maximum atomic E-state index is 13.4. The number of hydrogen-bond donors (Lipinski definition) is 1. The largest absolute Gasteiger partial charge is 0.456 e. The van der Waals surface area contributed by atoms with Crippen LogP contribution in [-0.2, 0) is 14.3 Å². The van der Waals surface area contributed by atoms with Crippen molar-refractivity contribution in [2.45, 2.75) is 32.3 Å². The zero-order chi connectivity index (χ0) is 22.5. The SMILES string of the molecule is CC[C@H](OC(=O)CCCN1CCOCC1)c1csc(C(=O)c2c[nH]c3cc(F)ccc23)n1.Cl. The number of aromatic amines is 1. The van der Waals surface area contributed by atoms with Crippen molar-refractivity contribution < 1.29 is 23.5 Å². The highest BCUT2D eigenvalue weighted by Gasteiger charge is 2.23. The molecule has 0 unspecified atom stereocenters. The average molecular weight is 496 g/mol. The van der Waals surface area contributed by atoms with E-state index in [0.29, 0.717) is 40.0 Å². The number of ketones is 1. The molecular formula is C23H27ClFN3O4S. The van der Waals surface area contributed by atoms with Crippen molar-refractivity contribution in [3.05, 3.63) is 51.9 Å². The Bertz CT molecular complexity index is 1100. The van der Waals surface area contributed by atoms with Crippen LogP contribution >= 0.6 is 23.7 Å². The van der Waals surface area contributed by atoms with Gasteiger partial charge in [0.25, 0.3) is 0 Å². The molecule has 0 amide bonds. The van der Waals surface area contributed by atoms with E-state index in [1.54, 1.807) is 17.6 Å². The van der Waals surface area contributed by atoms with Crippen molar-refractivity contribution in [1.29, 1.82) is 0 Å². The summed E-state index contributed by atoms with van der Waals surface area (Å²) in [5.41, 5.74) is 1.57. The third-order valence-electron chi connectivity index (χ3n) is 5.54. The Labute approximate surface area is 201 Å². The highest BCUT2D eigenvalue weighted by atomic mass is 35.5. The third-order valence-corrected chi connectivity index (χ3v) is 6.40. The van der Waals surface area contributed by atoms with Gasteiger partial charge in [-0.05, 0) is 37.6 Å². The summed E-state index contributed by atoms with van der Waals surface area (Å²) in [5.74, 6) is -0.872. The molecule has 2 aromatic heterocycles. The summed E-state index contributed by atoms with van der Waals surface area (Å²) < 4.78 is 24.4. The summed E-state index contributed by atoms with van der Waals surface area (Å²) in [6, 6.07) is 4.26. The Balaban J connectivity index is 0.00000306. The number of benzene rings is 1. The summed E-state index contributed by atoms with van der Waals surface area (Å²) in [6.45, 7) is 6.03. The van der Waals surface area contributed by atoms with E-state index < -0.39 is 6.10 Å². The second-order valence-electron chi connectivity index (χ2n) is 7.74. The van der Waals surface area contributed by atoms with Crippen molar-refractivity contribution >= 4 is 46.4 Å². The van der Waals surface area contributed by atoms with Crippen LogP contribution in [0.4, 0.5) is 4.39 Å². The number of nitrogens with zero attached hydrogens (tertiary/aromatic N) is 2. The van der Waals surface area contributed by atoms with Gasteiger partial charge in [-0.1, -0.05) is 6.92 Å². The van der Waals surface area contributed by atoms with Gasteiger partial charge in [-0.3, -0.25) is 14.5 Å². The van der Waals surface area contributed by atoms with Gasteiger partial charge in [-0.2, -0.15) is 0 Å². The van der Waals surface area contributed by atoms with Gasteiger partial charge >= 0.3 is 5.97 Å². The molecule has 0 radical (unpaired) electrons. The molecule has 4 rings (SSSR count). The molecule has 1 N–H and O–H groups in total. The number of morpholine rings is 1. The lowest BCUT2D eigenvalue weighted by Gasteiger charge is -2.26. The normalized spacial score (nSPS) is 15.2. The highest BCUT2D eigenvalue weighted by Crippen LogP contribution is 2.27. The van der Waals surface area contributed by atoms with Gasteiger partial charge < -0.3 is 14.5 Å². The van der Waals surface area contributed by atoms with E-state index in [4.69, 9.17) is 9.47 Å². The second-order valence-corrected chi connectivity index (χ2v) is 8.60. The van der Waals surface area contributed by atoms with Crippen molar-refractivity contribution in [2.75, 3.05) is 32.8 Å². The number of carbonyl (C=O) groups is 2. The summed E-state index contributed by atoms with van der Waals surface area (Å²) in [5, 5.41) is 2.72. The van der Waals surface area contributed by atoms with Gasteiger partial charge in [0.05, 0.1) is 24.5 Å². The monoisotopic (exact) mass is 495 g/mol. The molecule has 1 aliphatic heterocycles. The van der Waals surface area contributed by atoms with E-state index in [9.17, 15) is 14.0 Å². The maximum Gasteiger partial charge on any atom is 0.306 e. The van der Waals surface area contributed by atoms with E-state index in [1.165, 1.54) is 23.5 Å². The van der Waals surface area contributed by atoms with E-state index in [-0.39, 0.29) is 30.0 Å². The minimum atomic E-state index is -0.485. The topological polar surface area (TPSA) is 84.5 Å². The first-order chi connectivity index (χ1) is 15.5. The quantitative estimate of drug-likeness (QED) is 0.347. The molecule has 1 aromatic carbocycles. The summed E-state index contributed by atoms with van der Waals surface area (Å²) in [6.07, 6.45) is 2.73. The predicted octanol–water partition coefficient (Wildman–Crippen LogP) is 4.52. The predicted molar refractivity (Wildman–Crippen MR) is 127 cm³/mol. The van der Waals surface area contributed by atoms with Crippen LogP contribution in [-0.4, -0.2) is 59.5 Å². The number of halogens is 2. The highest BCUT2D eigenvalue weighted by molar-refractivity contribution is 7.12. The smallest absolute Gasteiger partial charge is 0.306 e. The first kappa shape index (κ1) is 25.3. The Morgan fingerprint density at radius 3 is 2.88 bits per heavy atom. The van der Waals surface area contributed by atoms with Gasteiger partial charge in [0, 0.05) is 42.0 Å². The van der Waals surface area contributed by atoms with Crippen molar-refractivity contribution in [2.24, 2.45) is 0 Å². The zero-order valence-electron chi connectivity index (χ0n) is 18.3. The molecule has 0 bridgehead atoms. The summed E-state index contributed by atoms with van der Waals surface area (Å²) >= 11 is 1.22. The molecular weight excluding hydrogens is 469 g/mol. The van der Waals surface area contributed by atoms with Crippen LogP contribution in [0.1, 0.15) is 53.3 Å². The van der Waals surface area contributed by atoms with E-state index in [1.807, 2.05) is 6.92 Å². The third kappa shape index (κ3) is 6.17. The molecule has 1 saturated heterocycles. The van der Waals surface area contributed by atoms with Gasteiger partial charge in [-0.15, -0.1) is 23.7 Å². The number of fused-ring (bicyclic) bond motifs is 1. The fourth-order valence-corrected chi connectivity index (χ4v) is 4.59. The number of nitrogens with one attached hydrogen (secondary N) is 1. The standard InChI is InChI=1S/C23H26FN3O4S.ClH/c1-2-20(31-21(28)4-3-7-27-8-10-30-11-9-27)19-14-32-23(26-19)22(29)17-13-25-18-12-15(24)5-6-16(17)18;/h5-6,12-14,20,25H,2-4,7-11H2,1H3;1H/t20-;/m0./s1. The fraction of sp³-hybridized carbons (Fsp3) is 0.435. The number of aromatic nitrogens is 2. The van der Waals surface area contributed by atoms with Crippen LogP contribution in [0.25, 0.3) is 10.9 Å². The Morgan fingerprint density at radius 1 is 1.33 bits per heavy atom. The van der Waals surface area contributed by atoms with Crippen molar-refractivity contribution in [3.8, 4) is 0 Å². The summed E-state index contributed by atoms with van der Waals surface area (Å²) in [7, 11) is 0. The van der Waals surface area contributed by atoms with Crippen LogP contribution in [0.15, 0.2) is 29.8 Å². The van der Waals surface area contributed by atoms with Crippen LogP contribution < -0.4 is 0 Å². The number of hydrogen-bond acceptors (Lipinski definition) is 7. The lowest BCUT2D eigenvalue weighted by atomic mass is 10.1. The Morgan fingerprint density at radius 2 is 2.12 bits per heavy atom. The molecule has 10 heteroatoms. The van der Waals surface area contributed by atoms with Gasteiger partial charge in [0.15, 0.2) is 5.01 Å². The van der Waals surface area contributed by atoms with E-state index >= 15 is 0 Å². The fourth-order valence-electron chi connectivity index (χ4n) is 3.78. The van der Waals surface area contributed by atoms with Crippen LogP contribution in [0.2, 0.25) is 0 Å².